The second kappa shape index (κ2) is 11.5. The number of nitrogens with zero attached hydrogens (tertiary/aromatic N) is 1. The van der Waals surface area contributed by atoms with Gasteiger partial charge in [0.15, 0.2) is 0 Å². The van der Waals surface area contributed by atoms with E-state index in [0.29, 0.717) is 13.2 Å². The van der Waals surface area contributed by atoms with Crippen molar-refractivity contribution in [3.8, 4) is 11.5 Å². The van der Waals surface area contributed by atoms with Gasteiger partial charge in [0, 0.05) is 13.6 Å². The van der Waals surface area contributed by atoms with Gasteiger partial charge in [0.2, 0.25) is 0 Å². The molecule has 7 nitrogen and oxygen atoms in total. The van der Waals surface area contributed by atoms with Gasteiger partial charge in [-0.25, -0.2) is 0 Å². The Morgan fingerprint density at radius 1 is 0.969 bits per heavy atom. The van der Waals surface area contributed by atoms with E-state index in [9.17, 15) is 8.42 Å². The molecule has 0 saturated heterocycles. The van der Waals surface area contributed by atoms with E-state index < -0.39 is 10.1 Å². The molecule has 1 heterocycles. The highest BCUT2D eigenvalue weighted by molar-refractivity contribution is 7.86. The van der Waals surface area contributed by atoms with Crippen molar-refractivity contribution < 1.29 is 22.2 Å². The van der Waals surface area contributed by atoms with Crippen LogP contribution < -0.4 is 14.8 Å². The van der Waals surface area contributed by atoms with E-state index in [4.69, 9.17) is 13.8 Å². The predicted octanol–water partition coefficient (Wildman–Crippen LogP) is 4.12. The smallest absolute Gasteiger partial charge is 0.313 e. The van der Waals surface area contributed by atoms with Gasteiger partial charge < -0.3 is 14.8 Å². The van der Waals surface area contributed by atoms with Crippen LogP contribution in [0.25, 0.3) is 0 Å². The topological polar surface area (TPSA) is 77.1 Å². The third-order valence-electron chi connectivity index (χ3n) is 4.52. The van der Waals surface area contributed by atoms with Crippen molar-refractivity contribution >= 4 is 15.8 Å². The van der Waals surface area contributed by atoms with Crippen molar-refractivity contribution in [3.63, 3.8) is 0 Å². The fourth-order valence-corrected chi connectivity index (χ4v) is 3.81. The minimum absolute atomic E-state index is 0.133. The molecule has 4 rings (SSSR count). The first kappa shape index (κ1) is 23.6. The highest BCUT2D eigenvalue weighted by Crippen LogP contribution is 2.25. The number of hydrogen-bond acceptors (Lipinski definition) is 7. The molecular weight excluding hydrogens is 428 g/mol. The molecule has 0 aromatic heterocycles. The molecule has 0 aliphatic carbocycles. The van der Waals surface area contributed by atoms with Gasteiger partial charge in [-0.1, -0.05) is 48.0 Å². The Labute approximate surface area is 189 Å². The van der Waals surface area contributed by atoms with Gasteiger partial charge in [-0.15, -0.1) is 0 Å². The third-order valence-corrected chi connectivity index (χ3v) is 5.82. The molecule has 3 aromatic carbocycles. The molecule has 0 atom stereocenters. The zero-order valence-corrected chi connectivity index (χ0v) is 19.0. The van der Waals surface area contributed by atoms with Gasteiger partial charge in [-0.05, 0) is 43.3 Å². The van der Waals surface area contributed by atoms with Gasteiger partial charge in [0.25, 0.3) is 0 Å². The van der Waals surface area contributed by atoms with Crippen molar-refractivity contribution in [1.82, 2.24) is 5.06 Å². The number of rotatable bonds is 7. The predicted molar refractivity (Wildman–Crippen MR) is 124 cm³/mol. The highest BCUT2D eigenvalue weighted by Gasteiger charge is 2.18. The van der Waals surface area contributed by atoms with E-state index in [1.807, 2.05) is 61.5 Å². The Balaban J connectivity index is 0.000000238. The number of hydroxylamine groups is 2. The van der Waals surface area contributed by atoms with Crippen molar-refractivity contribution in [2.45, 2.75) is 11.8 Å². The Morgan fingerprint density at radius 3 is 2.38 bits per heavy atom. The third kappa shape index (κ3) is 7.26. The minimum Gasteiger partial charge on any atom is -0.492 e. The van der Waals surface area contributed by atoms with E-state index in [-0.39, 0.29) is 4.90 Å². The van der Waals surface area contributed by atoms with Crippen LogP contribution in [0.3, 0.4) is 0 Å². The van der Waals surface area contributed by atoms with Crippen molar-refractivity contribution in [2.75, 3.05) is 38.7 Å². The van der Waals surface area contributed by atoms with Gasteiger partial charge in [-0.3, -0.25) is 0 Å². The van der Waals surface area contributed by atoms with E-state index in [1.54, 1.807) is 19.2 Å². The molecule has 8 heteroatoms. The number of ether oxygens (including phenoxy) is 2. The lowest BCUT2D eigenvalue weighted by molar-refractivity contribution is -0.0324. The average Bonchev–Trinajstić information content (AvgIpc) is 2.80. The second-order valence-corrected chi connectivity index (χ2v) is 8.65. The fourth-order valence-electron chi connectivity index (χ4n) is 2.85. The van der Waals surface area contributed by atoms with Crippen LogP contribution in [0.2, 0.25) is 0 Å². The molecule has 0 fully saturated rings. The molecule has 170 valence electrons. The number of hydrogen-bond donors (Lipinski definition) is 1. The summed E-state index contributed by atoms with van der Waals surface area (Å²) in [6.07, 6.45) is 0. The summed E-state index contributed by atoms with van der Waals surface area (Å²) in [6.45, 7) is 4.22. The quantitative estimate of drug-likeness (QED) is 0.536. The normalized spacial score (nSPS) is 12.6. The second-order valence-electron chi connectivity index (χ2n) is 7.13. The molecule has 0 radical (unpaired) electrons. The van der Waals surface area contributed by atoms with Crippen LogP contribution in [-0.2, 0) is 14.4 Å². The van der Waals surface area contributed by atoms with E-state index in [2.05, 4.69) is 5.32 Å². The monoisotopic (exact) mass is 456 g/mol. The maximum atomic E-state index is 12.1. The van der Waals surface area contributed by atoms with Gasteiger partial charge in [0.1, 0.15) is 24.7 Å². The zero-order chi connectivity index (χ0) is 22.8. The van der Waals surface area contributed by atoms with Crippen molar-refractivity contribution in [2.24, 2.45) is 0 Å². The van der Waals surface area contributed by atoms with Crippen LogP contribution in [0.5, 0.6) is 11.5 Å². The number of para-hydroxylation sites is 3. The van der Waals surface area contributed by atoms with Gasteiger partial charge >= 0.3 is 10.1 Å². The van der Waals surface area contributed by atoms with Gasteiger partial charge in [0.05, 0.1) is 17.1 Å². The molecule has 0 saturated carbocycles. The van der Waals surface area contributed by atoms with Crippen LogP contribution in [-0.4, -0.2) is 46.8 Å². The van der Waals surface area contributed by atoms with E-state index in [1.165, 1.54) is 17.2 Å². The van der Waals surface area contributed by atoms with Crippen LogP contribution in [0.1, 0.15) is 5.56 Å². The molecule has 1 aliphatic rings. The first-order chi connectivity index (χ1) is 15.4. The molecule has 0 amide bonds. The van der Waals surface area contributed by atoms with E-state index in [0.717, 1.165) is 35.9 Å². The number of anilines is 1. The van der Waals surface area contributed by atoms with Gasteiger partial charge in [-0.2, -0.15) is 17.8 Å². The lowest BCUT2D eigenvalue weighted by Crippen LogP contribution is -2.27. The molecule has 0 unspecified atom stereocenters. The maximum absolute atomic E-state index is 12.1. The molecule has 1 N–H and O–H groups in total. The van der Waals surface area contributed by atoms with Crippen LogP contribution in [0.4, 0.5) is 5.69 Å². The molecule has 0 spiro atoms. The van der Waals surface area contributed by atoms with E-state index >= 15 is 0 Å². The largest absolute Gasteiger partial charge is 0.492 e. The summed E-state index contributed by atoms with van der Waals surface area (Å²) in [7, 11) is -2.25. The Hall–Kier alpha value is -3.07. The van der Waals surface area contributed by atoms with Crippen LogP contribution in [0, 0.1) is 6.92 Å². The van der Waals surface area contributed by atoms with Crippen LogP contribution in [0.15, 0.2) is 83.8 Å². The average molecular weight is 457 g/mol. The standard InChI is InChI=1S/C16H19NO4S.C8H9NO/c1-14-8-10-16(11-9-14)22(18,19)21-17(2)12-13-20-15-6-4-3-5-7-15;1-2-4-8-7(3-1)9-5-6-10-8/h3-11H,12-13H2,1-2H3;1-4,9H,5-6H2. The molecule has 3 aromatic rings. The summed E-state index contributed by atoms with van der Waals surface area (Å²) < 4.78 is 40.0. The summed E-state index contributed by atoms with van der Waals surface area (Å²) in [5.74, 6) is 1.70. The summed E-state index contributed by atoms with van der Waals surface area (Å²) in [5.41, 5.74) is 2.09. The molecule has 1 aliphatic heterocycles. The SMILES string of the molecule is Cc1ccc(S(=O)(=O)ON(C)CCOc2ccccc2)cc1.c1ccc2c(c1)NCCO2. The summed E-state index contributed by atoms with van der Waals surface area (Å²) >= 11 is 0. The van der Waals surface area contributed by atoms with Crippen LogP contribution >= 0.6 is 0 Å². The Morgan fingerprint density at radius 2 is 1.66 bits per heavy atom. The number of aryl methyl sites for hydroxylation is 1. The summed E-state index contributed by atoms with van der Waals surface area (Å²) in [4.78, 5) is 0.133. The molecule has 0 bridgehead atoms. The fraction of sp³-hybridized carbons (Fsp3) is 0.250. The number of benzene rings is 3. The zero-order valence-electron chi connectivity index (χ0n) is 18.2. The minimum atomic E-state index is -3.80. The molecular formula is C24H28N2O5S. The first-order valence-corrected chi connectivity index (χ1v) is 11.7. The molecule has 32 heavy (non-hydrogen) atoms. The Bertz CT molecular complexity index is 1050. The van der Waals surface area contributed by atoms with Crippen molar-refractivity contribution in [3.05, 3.63) is 84.4 Å². The van der Waals surface area contributed by atoms with Crippen molar-refractivity contribution in [1.29, 1.82) is 0 Å². The number of likely N-dealkylation sites (N-methyl/N-ethyl adjacent to an activating group) is 1. The maximum Gasteiger partial charge on any atom is 0.313 e. The highest BCUT2D eigenvalue weighted by atomic mass is 32.2. The number of fused-ring (bicyclic) bond motifs is 1. The lowest BCUT2D eigenvalue weighted by atomic mass is 10.2. The Kier molecular flexibility index (Phi) is 8.49. The lowest BCUT2D eigenvalue weighted by Gasteiger charge is -2.17. The summed E-state index contributed by atoms with van der Waals surface area (Å²) in [6, 6.07) is 23.8. The first-order valence-electron chi connectivity index (χ1n) is 10.3. The number of nitrogens with one attached hydrogen (secondary N) is 1. The summed E-state index contributed by atoms with van der Waals surface area (Å²) in [5, 5.41) is 4.49.